The zero-order valence-electron chi connectivity index (χ0n) is 11.9. The van der Waals surface area contributed by atoms with Crippen molar-refractivity contribution in [2.75, 3.05) is 32.7 Å². The molecule has 0 saturated carbocycles. The number of nitrogens with one attached hydrogen (secondary N) is 1. The van der Waals surface area contributed by atoms with E-state index in [1.165, 1.54) is 5.56 Å². The van der Waals surface area contributed by atoms with Gasteiger partial charge in [0.15, 0.2) is 0 Å². The molecule has 1 aromatic carbocycles. The maximum Gasteiger partial charge on any atom is 0.254 e. The molecule has 0 radical (unpaired) electrons. The number of piperazine rings is 1. The van der Waals surface area contributed by atoms with Crippen LogP contribution in [0.15, 0.2) is 18.2 Å². The molecule has 1 saturated heterocycles. The van der Waals surface area contributed by atoms with Crippen molar-refractivity contribution in [2.45, 2.75) is 13.8 Å². The highest BCUT2D eigenvalue weighted by molar-refractivity contribution is 5.94. The van der Waals surface area contributed by atoms with Crippen molar-refractivity contribution in [1.29, 1.82) is 0 Å². The highest BCUT2D eigenvalue weighted by Gasteiger charge is 2.24. The Labute approximate surface area is 118 Å². The number of nitrogens with zero attached hydrogens (tertiary/aromatic N) is 1. The number of carbonyl (C=O) groups excluding carboxylic acids is 2. The molecule has 1 heterocycles. The van der Waals surface area contributed by atoms with Gasteiger partial charge in [-0.25, -0.2) is 0 Å². The Bertz CT molecular complexity index is 520. The maximum absolute atomic E-state index is 12.4. The molecule has 108 valence electrons. The minimum atomic E-state index is -1.03. The van der Waals surface area contributed by atoms with E-state index in [0.717, 1.165) is 10.5 Å². The number of quaternary nitrogens is 1. The summed E-state index contributed by atoms with van der Waals surface area (Å²) in [4.78, 5) is 25.7. The Kier molecular flexibility index (Phi) is 4.39. The number of aliphatic carboxylic acids is 1. The van der Waals surface area contributed by atoms with Crippen molar-refractivity contribution in [3.8, 4) is 0 Å². The first-order chi connectivity index (χ1) is 9.47. The Hall–Kier alpha value is -1.88. The summed E-state index contributed by atoms with van der Waals surface area (Å²) in [5, 5.41) is 10.6. The fourth-order valence-corrected chi connectivity index (χ4v) is 2.46. The van der Waals surface area contributed by atoms with E-state index in [0.29, 0.717) is 31.7 Å². The maximum atomic E-state index is 12.4. The molecule has 0 atom stereocenters. The number of rotatable bonds is 3. The van der Waals surface area contributed by atoms with Crippen LogP contribution in [0.4, 0.5) is 0 Å². The molecule has 1 aliphatic rings. The van der Waals surface area contributed by atoms with Crippen molar-refractivity contribution in [1.82, 2.24) is 4.90 Å². The zero-order valence-corrected chi connectivity index (χ0v) is 11.9. The molecule has 1 amide bonds. The summed E-state index contributed by atoms with van der Waals surface area (Å²) in [6, 6.07) is 5.73. The van der Waals surface area contributed by atoms with Crippen LogP contribution >= 0.6 is 0 Å². The minimum absolute atomic E-state index is 0.0195. The summed E-state index contributed by atoms with van der Waals surface area (Å²) in [5.41, 5.74) is 2.98. The second-order valence-corrected chi connectivity index (χ2v) is 5.39. The SMILES string of the molecule is Cc1ccc(C(=O)N2CC[NH+](CC(=O)[O-])CC2)cc1C. The van der Waals surface area contributed by atoms with Crippen LogP contribution in [0.5, 0.6) is 0 Å². The minimum Gasteiger partial charge on any atom is -0.544 e. The lowest BCUT2D eigenvalue weighted by molar-refractivity contribution is -0.898. The lowest BCUT2D eigenvalue weighted by Gasteiger charge is -2.32. The molecule has 0 bridgehead atoms. The van der Waals surface area contributed by atoms with E-state index in [9.17, 15) is 14.7 Å². The van der Waals surface area contributed by atoms with Crippen molar-refractivity contribution in [3.05, 3.63) is 34.9 Å². The molecule has 2 rings (SSSR count). The van der Waals surface area contributed by atoms with Gasteiger partial charge >= 0.3 is 0 Å². The number of amides is 1. The molecule has 0 aromatic heterocycles. The number of aryl methyl sites for hydroxylation is 2. The topological polar surface area (TPSA) is 64.9 Å². The normalized spacial score (nSPS) is 16.2. The van der Waals surface area contributed by atoms with Crippen molar-refractivity contribution >= 4 is 11.9 Å². The van der Waals surface area contributed by atoms with Gasteiger partial charge in [-0.2, -0.15) is 0 Å². The summed E-state index contributed by atoms with van der Waals surface area (Å²) in [6.07, 6.45) is 0. The van der Waals surface area contributed by atoms with Crippen LogP contribution in [-0.2, 0) is 4.79 Å². The third-order valence-corrected chi connectivity index (χ3v) is 3.91. The number of carbonyl (C=O) groups is 2. The molecule has 0 aliphatic carbocycles. The number of benzene rings is 1. The Morgan fingerprint density at radius 2 is 1.85 bits per heavy atom. The third-order valence-electron chi connectivity index (χ3n) is 3.91. The van der Waals surface area contributed by atoms with Crippen LogP contribution in [0.2, 0.25) is 0 Å². The molecule has 0 unspecified atom stereocenters. The van der Waals surface area contributed by atoms with Crippen LogP contribution < -0.4 is 10.0 Å². The van der Waals surface area contributed by atoms with Crippen LogP contribution in [0.25, 0.3) is 0 Å². The first-order valence-electron chi connectivity index (χ1n) is 6.87. The first kappa shape index (κ1) is 14.5. The van der Waals surface area contributed by atoms with Gasteiger partial charge in [0.25, 0.3) is 5.91 Å². The van der Waals surface area contributed by atoms with Crippen molar-refractivity contribution in [3.63, 3.8) is 0 Å². The second-order valence-electron chi connectivity index (χ2n) is 5.39. The summed E-state index contributed by atoms with van der Waals surface area (Å²) >= 11 is 0. The van der Waals surface area contributed by atoms with Gasteiger partial charge in [0, 0.05) is 5.56 Å². The second kappa shape index (κ2) is 6.05. The summed E-state index contributed by atoms with van der Waals surface area (Å²) in [5.74, 6) is -1.01. The smallest absolute Gasteiger partial charge is 0.254 e. The highest BCUT2D eigenvalue weighted by Crippen LogP contribution is 2.12. The molecular formula is C15H20N2O3. The highest BCUT2D eigenvalue weighted by atomic mass is 16.4. The van der Waals surface area contributed by atoms with Crippen molar-refractivity contribution < 1.29 is 19.6 Å². The largest absolute Gasteiger partial charge is 0.544 e. The van der Waals surface area contributed by atoms with E-state index in [1.54, 1.807) is 4.90 Å². The average molecular weight is 276 g/mol. The van der Waals surface area contributed by atoms with E-state index in [4.69, 9.17) is 0 Å². The van der Waals surface area contributed by atoms with Crippen LogP contribution in [-0.4, -0.2) is 49.5 Å². The molecule has 5 nitrogen and oxygen atoms in total. The molecule has 1 fully saturated rings. The van der Waals surface area contributed by atoms with E-state index in [2.05, 4.69) is 0 Å². The van der Waals surface area contributed by atoms with Crippen LogP contribution in [0.1, 0.15) is 21.5 Å². The molecule has 1 aliphatic heterocycles. The Morgan fingerprint density at radius 3 is 2.40 bits per heavy atom. The standard InChI is InChI=1S/C15H20N2O3/c1-11-3-4-13(9-12(11)2)15(20)17-7-5-16(6-8-17)10-14(18)19/h3-4,9H,5-8,10H2,1-2H3,(H,18,19). The fourth-order valence-electron chi connectivity index (χ4n) is 2.46. The summed E-state index contributed by atoms with van der Waals surface area (Å²) in [7, 11) is 0. The molecule has 1 N–H and O–H groups in total. The van der Waals surface area contributed by atoms with E-state index in [1.807, 2.05) is 32.0 Å². The Balaban J connectivity index is 1.97. The van der Waals surface area contributed by atoms with Gasteiger partial charge in [-0.15, -0.1) is 0 Å². The number of hydrogen-bond acceptors (Lipinski definition) is 3. The quantitative estimate of drug-likeness (QED) is 0.723. The van der Waals surface area contributed by atoms with Gasteiger partial charge in [0.1, 0.15) is 6.54 Å². The lowest BCUT2D eigenvalue weighted by Crippen LogP contribution is -3.16. The monoisotopic (exact) mass is 276 g/mol. The summed E-state index contributed by atoms with van der Waals surface area (Å²) < 4.78 is 0. The Morgan fingerprint density at radius 1 is 1.20 bits per heavy atom. The molecule has 0 spiro atoms. The molecule has 1 aromatic rings. The van der Waals surface area contributed by atoms with Crippen LogP contribution in [0.3, 0.4) is 0 Å². The van der Waals surface area contributed by atoms with E-state index >= 15 is 0 Å². The first-order valence-corrected chi connectivity index (χ1v) is 6.87. The average Bonchev–Trinajstić information content (AvgIpc) is 2.41. The fraction of sp³-hybridized carbons (Fsp3) is 0.467. The van der Waals surface area contributed by atoms with Crippen molar-refractivity contribution in [2.24, 2.45) is 0 Å². The third kappa shape index (κ3) is 3.36. The number of carboxylic acid groups (broad SMARTS) is 1. The van der Waals surface area contributed by atoms with E-state index < -0.39 is 5.97 Å². The predicted octanol–water partition coefficient (Wildman–Crippen LogP) is -1.61. The van der Waals surface area contributed by atoms with Gasteiger partial charge in [0.05, 0.1) is 32.1 Å². The number of carboxylic acids is 1. The van der Waals surface area contributed by atoms with Gasteiger partial charge < -0.3 is 19.7 Å². The molecule has 5 heteroatoms. The van der Waals surface area contributed by atoms with E-state index in [-0.39, 0.29) is 12.5 Å². The van der Waals surface area contributed by atoms with Crippen LogP contribution in [0, 0.1) is 13.8 Å². The van der Waals surface area contributed by atoms with Gasteiger partial charge in [0.2, 0.25) is 0 Å². The number of hydrogen-bond donors (Lipinski definition) is 1. The summed E-state index contributed by atoms with van der Waals surface area (Å²) in [6.45, 7) is 6.53. The molecular weight excluding hydrogens is 256 g/mol. The van der Waals surface area contributed by atoms with Gasteiger partial charge in [-0.05, 0) is 37.1 Å². The predicted molar refractivity (Wildman–Crippen MR) is 72.4 cm³/mol. The lowest BCUT2D eigenvalue weighted by atomic mass is 10.1. The van der Waals surface area contributed by atoms with Gasteiger partial charge in [-0.3, -0.25) is 4.79 Å². The zero-order chi connectivity index (χ0) is 14.7. The van der Waals surface area contributed by atoms with Gasteiger partial charge in [-0.1, -0.05) is 6.07 Å². The molecule has 20 heavy (non-hydrogen) atoms.